The highest BCUT2D eigenvalue weighted by Crippen LogP contribution is 2.21. The molecule has 1 aromatic carbocycles. The Morgan fingerprint density at radius 1 is 1.32 bits per heavy atom. The molecule has 3 rings (SSSR count). The number of nitrogens with two attached hydrogens (primary N) is 1. The molecule has 6 nitrogen and oxygen atoms in total. The molecule has 0 aliphatic carbocycles. The molecule has 19 heavy (non-hydrogen) atoms. The van der Waals surface area contributed by atoms with E-state index in [0.29, 0.717) is 24.0 Å². The molecule has 0 bridgehead atoms. The largest absolute Gasteiger partial charge is 0.334 e. The monoisotopic (exact) mass is 255 g/mol. The van der Waals surface area contributed by atoms with Crippen molar-refractivity contribution < 1.29 is 4.52 Å². The number of nitrogens with zero attached hydrogens (tertiary/aromatic N) is 4. The number of aromatic nitrogens is 4. The lowest BCUT2D eigenvalue weighted by Gasteiger charge is -1.97. The van der Waals surface area contributed by atoms with Gasteiger partial charge in [0.05, 0.1) is 0 Å². The van der Waals surface area contributed by atoms with Crippen LogP contribution < -0.4 is 5.73 Å². The third kappa shape index (κ3) is 2.25. The average Bonchev–Trinajstić information content (AvgIpc) is 3.07. The Hall–Kier alpha value is -2.47. The van der Waals surface area contributed by atoms with Crippen LogP contribution in [-0.2, 0) is 13.6 Å². The predicted molar refractivity (Wildman–Crippen MR) is 69.8 cm³/mol. The first-order chi connectivity index (χ1) is 9.26. The molecule has 0 atom stereocenters. The molecule has 0 amide bonds. The van der Waals surface area contributed by atoms with Crippen molar-refractivity contribution in [1.82, 2.24) is 19.9 Å². The molecule has 3 aromatic rings. The van der Waals surface area contributed by atoms with Gasteiger partial charge in [0.1, 0.15) is 5.69 Å². The Morgan fingerprint density at radius 3 is 2.95 bits per heavy atom. The summed E-state index contributed by atoms with van der Waals surface area (Å²) in [6, 6.07) is 9.57. The molecule has 2 aromatic heterocycles. The van der Waals surface area contributed by atoms with E-state index in [1.165, 1.54) is 0 Å². The maximum Gasteiger partial charge on any atom is 0.258 e. The van der Waals surface area contributed by atoms with Crippen molar-refractivity contribution in [2.24, 2.45) is 12.8 Å². The van der Waals surface area contributed by atoms with E-state index in [0.717, 1.165) is 11.1 Å². The molecule has 0 saturated carbocycles. The van der Waals surface area contributed by atoms with Crippen molar-refractivity contribution in [3.05, 3.63) is 42.1 Å². The fourth-order valence-corrected chi connectivity index (χ4v) is 1.81. The second kappa shape index (κ2) is 4.66. The lowest BCUT2D eigenvalue weighted by atomic mass is 10.1. The van der Waals surface area contributed by atoms with Gasteiger partial charge in [-0.2, -0.15) is 10.1 Å². The van der Waals surface area contributed by atoms with Crippen LogP contribution in [0.3, 0.4) is 0 Å². The van der Waals surface area contributed by atoms with Crippen molar-refractivity contribution in [3.8, 4) is 23.0 Å². The van der Waals surface area contributed by atoms with Gasteiger partial charge in [0.2, 0.25) is 5.82 Å². The first-order valence-corrected chi connectivity index (χ1v) is 5.89. The zero-order chi connectivity index (χ0) is 13.2. The van der Waals surface area contributed by atoms with E-state index in [1.54, 1.807) is 4.68 Å². The van der Waals surface area contributed by atoms with Crippen LogP contribution in [-0.4, -0.2) is 19.9 Å². The normalized spacial score (nSPS) is 10.8. The van der Waals surface area contributed by atoms with Gasteiger partial charge in [0.15, 0.2) is 0 Å². The topological polar surface area (TPSA) is 82.8 Å². The van der Waals surface area contributed by atoms with Crippen molar-refractivity contribution >= 4 is 0 Å². The van der Waals surface area contributed by atoms with Crippen molar-refractivity contribution in [3.63, 3.8) is 0 Å². The van der Waals surface area contributed by atoms with E-state index < -0.39 is 0 Å². The molecule has 2 heterocycles. The van der Waals surface area contributed by atoms with E-state index in [-0.39, 0.29) is 0 Å². The van der Waals surface area contributed by atoms with Gasteiger partial charge in [-0.1, -0.05) is 17.3 Å². The minimum Gasteiger partial charge on any atom is -0.334 e. The van der Waals surface area contributed by atoms with Crippen LogP contribution in [0.5, 0.6) is 0 Å². The molecule has 0 saturated heterocycles. The van der Waals surface area contributed by atoms with Gasteiger partial charge in [-0.25, -0.2) is 0 Å². The summed E-state index contributed by atoms with van der Waals surface area (Å²) in [5, 5.41) is 8.17. The summed E-state index contributed by atoms with van der Waals surface area (Å²) in [6.07, 6.45) is 1.83. The highest BCUT2D eigenvalue weighted by molar-refractivity contribution is 5.57. The summed E-state index contributed by atoms with van der Waals surface area (Å²) in [5.41, 5.74) is 8.19. The SMILES string of the molecule is Cn1ccc(-c2noc(-c3cccc(CN)c3)n2)n1. The molecule has 0 unspecified atom stereocenters. The summed E-state index contributed by atoms with van der Waals surface area (Å²) in [4.78, 5) is 4.35. The molecule has 96 valence electrons. The van der Waals surface area contributed by atoms with Crippen LogP contribution in [0.25, 0.3) is 23.0 Å². The Labute approximate surface area is 109 Å². The van der Waals surface area contributed by atoms with Crippen LogP contribution in [0.2, 0.25) is 0 Å². The minimum absolute atomic E-state index is 0.468. The van der Waals surface area contributed by atoms with Gasteiger partial charge in [-0.15, -0.1) is 0 Å². The summed E-state index contributed by atoms with van der Waals surface area (Å²) in [7, 11) is 1.84. The van der Waals surface area contributed by atoms with Crippen LogP contribution in [0.15, 0.2) is 41.1 Å². The molecule has 0 spiro atoms. The average molecular weight is 255 g/mol. The molecule has 0 aliphatic heterocycles. The highest BCUT2D eigenvalue weighted by atomic mass is 16.5. The standard InChI is InChI=1S/C13H13N5O/c1-18-6-5-11(16-18)12-15-13(19-17-12)10-4-2-3-9(7-10)8-14/h2-7H,8,14H2,1H3. The van der Waals surface area contributed by atoms with Gasteiger partial charge in [-0.3, -0.25) is 4.68 Å². The lowest BCUT2D eigenvalue weighted by Crippen LogP contribution is -1.95. The van der Waals surface area contributed by atoms with Gasteiger partial charge in [0.25, 0.3) is 5.89 Å². The van der Waals surface area contributed by atoms with Gasteiger partial charge >= 0.3 is 0 Å². The first-order valence-electron chi connectivity index (χ1n) is 5.89. The number of benzene rings is 1. The second-order valence-corrected chi connectivity index (χ2v) is 4.20. The summed E-state index contributed by atoms with van der Waals surface area (Å²) < 4.78 is 6.96. The Balaban J connectivity index is 1.96. The van der Waals surface area contributed by atoms with E-state index in [1.807, 2.05) is 43.6 Å². The second-order valence-electron chi connectivity index (χ2n) is 4.20. The number of hydrogen-bond donors (Lipinski definition) is 1. The third-order valence-corrected chi connectivity index (χ3v) is 2.78. The summed E-state index contributed by atoms with van der Waals surface area (Å²) in [5.74, 6) is 0.949. The smallest absolute Gasteiger partial charge is 0.258 e. The minimum atomic E-state index is 0.468. The molecule has 0 aliphatic rings. The van der Waals surface area contributed by atoms with Crippen molar-refractivity contribution in [1.29, 1.82) is 0 Å². The predicted octanol–water partition coefficient (Wildman–Crippen LogP) is 1.60. The van der Waals surface area contributed by atoms with Gasteiger partial charge < -0.3 is 10.3 Å². The maximum absolute atomic E-state index is 5.62. The summed E-state index contributed by atoms with van der Waals surface area (Å²) in [6.45, 7) is 0.481. The Morgan fingerprint density at radius 2 is 2.21 bits per heavy atom. The quantitative estimate of drug-likeness (QED) is 0.768. The first kappa shape index (κ1) is 11.6. The van der Waals surface area contributed by atoms with E-state index in [4.69, 9.17) is 10.3 Å². The van der Waals surface area contributed by atoms with E-state index in [9.17, 15) is 0 Å². The van der Waals surface area contributed by atoms with Crippen LogP contribution in [0, 0.1) is 0 Å². The Kier molecular flexibility index (Phi) is 2.85. The fraction of sp³-hybridized carbons (Fsp3) is 0.154. The van der Waals surface area contributed by atoms with Crippen molar-refractivity contribution in [2.75, 3.05) is 0 Å². The van der Waals surface area contributed by atoms with Crippen LogP contribution >= 0.6 is 0 Å². The van der Waals surface area contributed by atoms with Gasteiger partial charge in [-0.05, 0) is 23.8 Å². The maximum atomic E-state index is 5.62. The fourth-order valence-electron chi connectivity index (χ4n) is 1.81. The van der Waals surface area contributed by atoms with E-state index in [2.05, 4.69) is 15.2 Å². The number of aryl methyl sites for hydroxylation is 1. The molecule has 6 heteroatoms. The lowest BCUT2D eigenvalue weighted by molar-refractivity contribution is 0.432. The van der Waals surface area contributed by atoms with E-state index >= 15 is 0 Å². The highest BCUT2D eigenvalue weighted by Gasteiger charge is 2.12. The molecule has 0 radical (unpaired) electrons. The molecule has 0 fully saturated rings. The third-order valence-electron chi connectivity index (χ3n) is 2.78. The zero-order valence-electron chi connectivity index (χ0n) is 10.4. The van der Waals surface area contributed by atoms with Crippen molar-refractivity contribution in [2.45, 2.75) is 6.54 Å². The van der Waals surface area contributed by atoms with Crippen LogP contribution in [0.4, 0.5) is 0 Å². The molecular weight excluding hydrogens is 242 g/mol. The summed E-state index contributed by atoms with van der Waals surface area (Å²) >= 11 is 0. The van der Waals surface area contributed by atoms with Crippen LogP contribution in [0.1, 0.15) is 5.56 Å². The Bertz CT molecular complexity index is 700. The van der Waals surface area contributed by atoms with Gasteiger partial charge in [0, 0.05) is 25.4 Å². The number of hydrogen-bond acceptors (Lipinski definition) is 5. The molecule has 2 N–H and O–H groups in total. The zero-order valence-corrected chi connectivity index (χ0v) is 10.4. The number of rotatable bonds is 3. The molecular formula is C13H13N5O.